The lowest BCUT2D eigenvalue weighted by atomic mass is 10.1. The summed E-state index contributed by atoms with van der Waals surface area (Å²) in [6, 6.07) is 9.78. The third kappa shape index (κ3) is 6.18. The van der Waals surface area contributed by atoms with Crippen molar-refractivity contribution in [3.8, 4) is 5.75 Å². The molecule has 0 saturated carbocycles. The van der Waals surface area contributed by atoms with Crippen LogP contribution in [0.15, 0.2) is 48.5 Å². The van der Waals surface area contributed by atoms with Gasteiger partial charge in [0.1, 0.15) is 5.75 Å². The van der Waals surface area contributed by atoms with Crippen molar-refractivity contribution in [2.45, 2.75) is 13.3 Å². The number of benzene rings is 2. The zero-order valence-corrected chi connectivity index (χ0v) is 14.5. The van der Waals surface area contributed by atoms with Gasteiger partial charge in [-0.1, -0.05) is 12.1 Å². The molecular formula is C19H16F3NO4. The molecule has 0 aromatic heterocycles. The molecule has 2 rings (SSSR count). The molecule has 0 bridgehead atoms. The van der Waals surface area contributed by atoms with Gasteiger partial charge in [0.2, 0.25) is 5.91 Å². The van der Waals surface area contributed by atoms with Gasteiger partial charge in [-0.3, -0.25) is 4.79 Å². The van der Waals surface area contributed by atoms with Crippen LogP contribution in [0.1, 0.15) is 21.5 Å². The zero-order valence-electron chi connectivity index (χ0n) is 14.5. The Labute approximate surface area is 153 Å². The summed E-state index contributed by atoms with van der Waals surface area (Å²) in [6.07, 6.45) is -2.06. The van der Waals surface area contributed by atoms with Gasteiger partial charge in [0.05, 0.1) is 12.7 Å². The van der Waals surface area contributed by atoms with E-state index in [1.807, 2.05) is 0 Å². The summed E-state index contributed by atoms with van der Waals surface area (Å²) >= 11 is 0. The van der Waals surface area contributed by atoms with Crippen molar-refractivity contribution in [1.29, 1.82) is 0 Å². The fraction of sp³-hybridized carbons (Fsp3) is 0.158. The second kappa shape index (κ2) is 8.39. The SMILES string of the molecule is COC(=O)c1ccc(NC(=O)/C=C/c2ccc(OC(F)(F)F)cc2)c(C)c1. The van der Waals surface area contributed by atoms with E-state index in [9.17, 15) is 22.8 Å². The number of methoxy groups -OCH3 is 1. The first-order valence-corrected chi connectivity index (χ1v) is 7.72. The van der Waals surface area contributed by atoms with Crippen LogP contribution in [0.25, 0.3) is 6.08 Å². The van der Waals surface area contributed by atoms with Gasteiger partial charge in [-0.15, -0.1) is 13.2 Å². The number of halogens is 3. The zero-order chi connectivity index (χ0) is 20.0. The molecule has 0 heterocycles. The van der Waals surface area contributed by atoms with Crippen LogP contribution in [0.5, 0.6) is 5.75 Å². The van der Waals surface area contributed by atoms with Gasteiger partial charge < -0.3 is 14.8 Å². The summed E-state index contributed by atoms with van der Waals surface area (Å²) in [5.41, 5.74) is 2.08. The number of nitrogens with one attached hydrogen (secondary N) is 1. The van der Waals surface area contributed by atoms with Crippen LogP contribution in [0.4, 0.5) is 18.9 Å². The average molecular weight is 379 g/mol. The maximum Gasteiger partial charge on any atom is 0.573 e. The van der Waals surface area contributed by atoms with Crippen molar-refractivity contribution < 1.29 is 32.2 Å². The van der Waals surface area contributed by atoms with E-state index < -0.39 is 18.2 Å². The highest BCUT2D eigenvalue weighted by molar-refractivity contribution is 6.02. The lowest BCUT2D eigenvalue weighted by Gasteiger charge is -2.09. The van der Waals surface area contributed by atoms with Crippen LogP contribution in [-0.2, 0) is 9.53 Å². The number of aryl methyl sites for hydroxylation is 1. The monoisotopic (exact) mass is 379 g/mol. The second-order valence-corrected chi connectivity index (χ2v) is 5.46. The normalized spacial score (nSPS) is 11.3. The largest absolute Gasteiger partial charge is 0.573 e. The Morgan fingerprint density at radius 1 is 1.07 bits per heavy atom. The fourth-order valence-electron chi connectivity index (χ4n) is 2.18. The summed E-state index contributed by atoms with van der Waals surface area (Å²) in [5, 5.41) is 2.66. The Balaban J connectivity index is 2.00. The highest BCUT2D eigenvalue weighted by Gasteiger charge is 2.30. The average Bonchev–Trinajstić information content (AvgIpc) is 2.61. The van der Waals surface area contributed by atoms with E-state index in [-0.39, 0.29) is 5.75 Å². The van der Waals surface area contributed by atoms with Crippen LogP contribution in [-0.4, -0.2) is 25.3 Å². The van der Waals surface area contributed by atoms with Crippen LogP contribution in [0.2, 0.25) is 0 Å². The number of amides is 1. The van der Waals surface area contributed by atoms with Crippen molar-refractivity contribution in [2.24, 2.45) is 0 Å². The van der Waals surface area contributed by atoms with Crippen molar-refractivity contribution >= 4 is 23.6 Å². The Morgan fingerprint density at radius 2 is 1.74 bits per heavy atom. The third-order valence-electron chi connectivity index (χ3n) is 3.45. The number of esters is 1. The highest BCUT2D eigenvalue weighted by atomic mass is 19.4. The first-order chi connectivity index (χ1) is 12.7. The molecule has 0 atom stereocenters. The number of alkyl halides is 3. The Hall–Kier alpha value is -3.29. The number of carbonyl (C=O) groups is 2. The molecule has 0 aliphatic heterocycles. The lowest BCUT2D eigenvalue weighted by Crippen LogP contribution is -2.16. The standard InChI is InChI=1S/C19H16F3NO4/c1-12-11-14(18(25)26-2)6-9-16(12)23-17(24)10-5-13-3-7-15(8-4-13)27-19(20,21)22/h3-11H,1-2H3,(H,23,24)/b10-5+. The minimum atomic E-state index is -4.75. The van der Waals surface area contributed by atoms with Crippen molar-refractivity contribution in [3.05, 3.63) is 65.2 Å². The highest BCUT2D eigenvalue weighted by Crippen LogP contribution is 2.23. The Bertz CT molecular complexity index is 858. The van der Waals surface area contributed by atoms with Crippen molar-refractivity contribution in [1.82, 2.24) is 0 Å². The van der Waals surface area contributed by atoms with Gasteiger partial charge in [0.25, 0.3) is 0 Å². The molecule has 0 radical (unpaired) electrons. The topological polar surface area (TPSA) is 64.6 Å². The Morgan fingerprint density at radius 3 is 2.30 bits per heavy atom. The minimum absolute atomic E-state index is 0.342. The van der Waals surface area contributed by atoms with Crippen LogP contribution >= 0.6 is 0 Å². The molecule has 142 valence electrons. The maximum absolute atomic E-state index is 12.1. The third-order valence-corrected chi connectivity index (χ3v) is 3.45. The molecule has 2 aromatic rings. The second-order valence-electron chi connectivity index (χ2n) is 5.46. The summed E-state index contributed by atoms with van der Waals surface area (Å²) in [5.74, 6) is -1.25. The van der Waals surface area contributed by atoms with Gasteiger partial charge in [0, 0.05) is 11.8 Å². The summed E-state index contributed by atoms with van der Waals surface area (Å²) in [7, 11) is 1.28. The molecule has 0 unspecified atom stereocenters. The predicted molar refractivity (Wildman–Crippen MR) is 93.3 cm³/mol. The van der Waals surface area contributed by atoms with E-state index in [4.69, 9.17) is 0 Å². The summed E-state index contributed by atoms with van der Waals surface area (Å²) in [4.78, 5) is 23.5. The summed E-state index contributed by atoms with van der Waals surface area (Å²) < 4.78 is 44.7. The molecule has 2 aromatic carbocycles. The van der Waals surface area contributed by atoms with Crippen LogP contribution in [0, 0.1) is 6.92 Å². The number of ether oxygens (including phenoxy) is 2. The van der Waals surface area contributed by atoms with E-state index in [2.05, 4.69) is 14.8 Å². The molecule has 0 aliphatic rings. The first kappa shape index (κ1) is 20.0. The molecular weight excluding hydrogens is 363 g/mol. The quantitative estimate of drug-likeness (QED) is 0.620. The van der Waals surface area contributed by atoms with Gasteiger partial charge >= 0.3 is 12.3 Å². The number of carbonyl (C=O) groups excluding carboxylic acids is 2. The first-order valence-electron chi connectivity index (χ1n) is 7.72. The molecule has 0 saturated heterocycles. The minimum Gasteiger partial charge on any atom is -0.465 e. The van der Waals surface area contributed by atoms with Gasteiger partial charge in [-0.2, -0.15) is 0 Å². The number of anilines is 1. The van der Waals surface area contributed by atoms with E-state index >= 15 is 0 Å². The van der Waals surface area contributed by atoms with E-state index in [1.54, 1.807) is 19.1 Å². The van der Waals surface area contributed by atoms with E-state index in [0.29, 0.717) is 22.4 Å². The van der Waals surface area contributed by atoms with Crippen LogP contribution in [0.3, 0.4) is 0 Å². The molecule has 27 heavy (non-hydrogen) atoms. The fourth-order valence-corrected chi connectivity index (χ4v) is 2.18. The molecule has 0 spiro atoms. The molecule has 1 amide bonds. The number of hydrogen-bond donors (Lipinski definition) is 1. The maximum atomic E-state index is 12.1. The molecule has 5 nitrogen and oxygen atoms in total. The predicted octanol–water partition coefficient (Wildman–Crippen LogP) is 4.33. The van der Waals surface area contributed by atoms with E-state index in [1.165, 1.54) is 37.5 Å². The van der Waals surface area contributed by atoms with Crippen molar-refractivity contribution in [3.63, 3.8) is 0 Å². The van der Waals surface area contributed by atoms with Crippen molar-refractivity contribution in [2.75, 3.05) is 12.4 Å². The molecule has 0 aliphatic carbocycles. The van der Waals surface area contributed by atoms with Crippen LogP contribution < -0.4 is 10.1 Å². The van der Waals surface area contributed by atoms with E-state index in [0.717, 1.165) is 12.1 Å². The van der Waals surface area contributed by atoms with Gasteiger partial charge in [0.15, 0.2) is 0 Å². The smallest absolute Gasteiger partial charge is 0.465 e. The summed E-state index contributed by atoms with van der Waals surface area (Å²) in [6.45, 7) is 1.73. The molecule has 8 heteroatoms. The number of rotatable bonds is 5. The van der Waals surface area contributed by atoms with Gasteiger partial charge in [-0.05, 0) is 54.5 Å². The molecule has 0 fully saturated rings. The lowest BCUT2D eigenvalue weighted by molar-refractivity contribution is -0.274. The number of hydrogen-bond acceptors (Lipinski definition) is 4. The van der Waals surface area contributed by atoms with Gasteiger partial charge in [-0.25, -0.2) is 4.79 Å². The Kier molecular flexibility index (Phi) is 6.23. The molecule has 1 N–H and O–H groups in total.